The van der Waals surface area contributed by atoms with E-state index < -0.39 is 10.0 Å². The molecule has 1 N–H and O–H groups in total. The molecule has 0 aliphatic carbocycles. The number of nitrogens with zero attached hydrogens (tertiary/aromatic N) is 1. The fraction of sp³-hybridized carbons (Fsp3) is 0.316. The molecule has 1 fully saturated rings. The second kappa shape index (κ2) is 7.78. The molecule has 1 aliphatic heterocycles. The van der Waals surface area contributed by atoms with E-state index in [-0.39, 0.29) is 17.4 Å². The van der Waals surface area contributed by atoms with Gasteiger partial charge in [0.2, 0.25) is 0 Å². The summed E-state index contributed by atoms with van der Waals surface area (Å²) in [5.74, 6) is 0.423. The minimum atomic E-state index is -3.67. The maximum Gasteiger partial charge on any atom is 0.261 e. The molecule has 0 saturated carbocycles. The van der Waals surface area contributed by atoms with Crippen LogP contribution in [0.2, 0.25) is 0 Å². The van der Waals surface area contributed by atoms with Crippen LogP contribution in [0.25, 0.3) is 0 Å². The van der Waals surface area contributed by atoms with Crippen molar-refractivity contribution >= 4 is 21.6 Å². The van der Waals surface area contributed by atoms with Gasteiger partial charge in [-0.05, 0) is 56.2 Å². The molecule has 0 radical (unpaired) electrons. The van der Waals surface area contributed by atoms with Crippen molar-refractivity contribution in [2.75, 3.05) is 24.4 Å². The number of carbonyl (C=O) groups is 1. The average molecular weight is 374 g/mol. The van der Waals surface area contributed by atoms with Gasteiger partial charge in [0.25, 0.3) is 15.9 Å². The number of carbonyl (C=O) groups excluding carboxylic acids is 1. The Kier molecular flexibility index (Phi) is 5.46. The minimum absolute atomic E-state index is 0.0340. The number of amides is 1. The van der Waals surface area contributed by atoms with Crippen molar-refractivity contribution in [1.82, 2.24) is 4.90 Å². The van der Waals surface area contributed by atoms with Crippen molar-refractivity contribution in [3.05, 3.63) is 54.1 Å². The molecule has 3 rings (SSSR count). The Bertz CT molecular complexity index is 855. The molecule has 0 unspecified atom stereocenters. The van der Waals surface area contributed by atoms with Crippen LogP contribution in [0.1, 0.15) is 18.4 Å². The monoisotopic (exact) mass is 374 g/mol. The first-order chi connectivity index (χ1) is 12.4. The van der Waals surface area contributed by atoms with Crippen LogP contribution >= 0.6 is 0 Å². The van der Waals surface area contributed by atoms with Crippen LogP contribution < -0.4 is 9.46 Å². The number of aryl methyl sites for hydroxylation is 1. The van der Waals surface area contributed by atoms with Crippen molar-refractivity contribution in [1.29, 1.82) is 0 Å². The summed E-state index contributed by atoms with van der Waals surface area (Å²) in [5, 5.41) is 0. The maximum atomic E-state index is 12.4. The smallest absolute Gasteiger partial charge is 0.261 e. The van der Waals surface area contributed by atoms with E-state index in [4.69, 9.17) is 4.74 Å². The van der Waals surface area contributed by atoms with Crippen molar-refractivity contribution in [2.24, 2.45) is 0 Å². The van der Waals surface area contributed by atoms with Crippen LogP contribution in [-0.2, 0) is 14.8 Å². The van der Waals surface area contributed by atoms with Crippen molar-refractivity contribution in [3.63, 3.8) is 0 Å². The van der Waals surface area contributed by atoms with E-state index in [2.05, 4.69) is 4.72 Å². The predicted molar refractivity (Wildman–Crippen MR) is 99.7 cm³/mol. The topological polar surface area (TPSA) is 75.7 Å². The molecule has 2 aromatic carbocycles. The van der Waals surface area contributed by atoms with Gasteiger partial charge in [-0.25, -0.2) is 8.42 Å². The van der Waals surface area contributed by atoms with Gasteiger partial charge in [-0.1, -0.05) is 17.7 Å². The molecular formula is C19H22N2O4S. The fourth-order valence-electron chi connectivity index (χ4n) is 2.75. The Hall–Kier alpha value is -2.54. The first kappa shape index (κ1) is 18.3. The van der Waals surface area contributed by atoms with Crippen LogP contribution in [-0.4, -0.2) is 38.9 Å². The fourth-order valence-corrected chi connectivity index (χ4v) is 3.81. The molecule has 138 valence electrons. The third-order valence-corrected chi connectivity index (χ3v) is 5.66. The second-order valence-electron chi connectivity index (χ2n) is 6.32. The molecule has 0 atom stereocenters. The third-order valence-electron chi connectivity index (χ3n) is 4.26. The molecule has 26 heavy (non-hydrogen) atoms. The number of benzene rings is 2. The zero-order valence-electron chi connectivity index (χ0n) is 14.6. The average Bonchev–Trinajstić information content (AvgIpc) is 3.17. The molecule has 6 nitrogen and oxygen atoms in total. The Morgan fingerprint density at radius 3 is 2.27 bits per heavy atom. The summed E-state index contributed by atoms with van der Waals surface area (Å²) in [6, 6.07) is 13.2. The minimum Gasteiger partial charge on any atom is -0.484 e. The summed E-state index contributed by atoms with van der Waals surface area (Å²) in [5.41, 5.74) is 1.56. The summed E-state index contributed by atoms with van der Waals surface area (Å²) >= 11 is 0. The normalized spacial score (nSPS) is 14.3. The van der Waals surface area contributed by atoms with Crippen LogP contribution in [0.3, 0.4) is 0 Å². The lowest BCUT2D eigenvalue weighted by molar-refractivity contribution is -0.132. The standard InChI is InChI=1S/C19H22N2O4S/c1-15-4-6-16(7-5-15)20-26(23,24)18-10-8-17(9-11-18)25-14-19(22)21-12-2-3-13-21/h4-11,20H,2-3,12-14H2,1H3. The van der Waals surface area contributed by atoms with Gasteiger partial charge in [0.15, 0.2) is 6.61 Å². The zero-order chi connectivity index (χ0) is 18.6. The van der Waals surface area contributed by atoms with E-state index >= 15 is 0 Å². The third kappa shape index (κ3) is 4.54. The lowest BCUT2D eigenvalue weighted by Gasteiger charge is -2.15. The van der Waals surface area contributed by atoms with E-state index in [9.17, 15) is 13.2 Å². The second-order valence-corrected chi connectivity index (χ2v) is 8.00. The maximum absolute atomic E-state index is 12.4. The van der Waals surface area contributed by atoms with Gasteiger partial charge in [-0.3, -0.25) is 9.52 Å². The molecule has 2 aromatic rings. The van der Waals surface area contributed by atoms with Gasteiger partial charge in [0.05, 0.1) is 4.90 Å². The molecule has 7 heteroatoms. The Balaban J connectivity index is 1.60. The highest BCUT2D eigenvalue weighted by Gasteiger charge is 2.18. The van der Waals surface area contributed by atoms with Gasteiger partial charge >= 0.3 is 0 Å². The van der Waals surface area contributed by atoms with Crippen LogP contribution in [0.4, 0.5) is 5.69 Å². The molecule has 1 heterocycles. The first-order valence-electron chi connectivity index (χ1n) is 8.54. The number of nitrogens with one attached hydrogen (secondary N) is 1. The summed E-state index contributed by atoms with van der Waals surface area (Å²) in [6.07, 6.45) is 2.07. The van der Waals surface area contributed by atoms with Crippen molar-refractivity contribution in [2.45, 2.75) is 24.7 Å². The first-order valence-corrected chi connectivity index (χ1v) is 10.0. The van der Waals surface area contributed by atoms with Gasteiger partial charge in [0.1, 0.15) is 5.75 Å². The van der Waals surface area contributed by atoms with Crippen molar-refractivity contribution < 1.29 is 17.9 Å². The molecule has 1 aliphatic rings. The molecule has 1 amide bonds. The number of sulfonamides is 1. The lowest BCUT2D eigenvalue weighted by Crippen LogP contribution is -2.32. The van der Waals surface area contributed by atoms with Gasteiger partial charge in [-0.15, -0.1) is 0 Å². The number of hydrogen-bond donors (Lipinski definition) is 1. The lowest BCUT2D eigenvalue weighted by atomic mass is 10.2. The summed E-state index contributed by atoms with van der Waals surface area (Å²) in [4.78, 5) is 13.9. The number of likely N-dealkylation sites (tertiary alicyclic amines) is 1. The number of rotatable bonds is 6. The van der Waals surface area contributed by atoms with Gasteiger partial charge in [0, 0.05) is 18.8 Å². The Morgan fingerprint density at radius 1 is 1.04 bits per heavy atom. The highest BCUT2D eigenvalue weighted by molar-refractivity contribution is 7.92. The SMILES string of the molecule is Cc1ccc(NS(=O)(=O)c2ccc(OCC(=O)N3CCCC3)cc2)cc1. The van der Waals surface area contributed by atoms with Crippen molar-refractivity contribution in [3.8, 4) is 5.75 Å². The number of hydrogen-bond acceptors (Lipinski definition) is 4. The number of anilines is 1. The molecule has 0 aromatic heterocycles. The van der Waals surface area contributed by atoms with E-state index in [0.29, 0.717) is 11.4 Å². The zero-order valence-corrected chi connectivity index (χ0v) is 15.5. The highest BCUT2D eigenvalue weighted by Crippen LogP contribution is 2.20. The molecule has 0 spiro atoms. The Labute approximate surface area is 153 Å². The van der Waals surface area contributed by atoms with Crippen LogP contribution in [0, 0.1) is 6.92 Å². The summed E-state index contributed by atoms with van der Waals surface area (Å²) in [6.45, 7) is 3.47. The van der Waals surface area contributed by atoms with Crippen LogP contribution in [0.5, 0.6) is 5.75 Å². The molecular weight excluding hydrogens is 352 g/mol. The highest BCUT2D eigenvalue weighted by atomic mass is 32.2. The van der Waals surface area contributed by atoms with Gasteiger partial charge < -0.3 is 9.64 Å². The quantitative estimate of drug-likeness (QED) is 0.844. The largest absolute Gasteiger partial charge is 0.484 e. The van der Waals surface area contributed by atoms with E-state index in [1.54, 1.807) is 29.2 Å². The Morgan fingerprint density at radius 2 is 1.65 bits per heavy atom. The summed E-state index contributed by atoms with van der Waals surface area (Å²) in [7, 11) is -3.67. The molecule has 0 bridgehead atoms. The summed E-state index contributed by atoms with van der Waals surface area (Å²) < 4.78 is 32.9. The molecule has 1 saturated heterocycles. The van der Waals surface area contributed by atoms with E-state index in [1.165, 1.54) is 12.1 Å². The predicted octanol–water partition coefficient (Wildman–Crippen LogP) is 2.80. The van der Waals surface area contributed by atoms with Gasteiger partial charge in [-0.2, -0.15) is 0 Å². The van der Waals surface area contributed by atoms with E-state index in [0.717, 1.165) is 31.5 Å². The van der Waals surface area contributed by atoms with E-state index in [1.807, 2.05) is 19.1 Å². The van der Waals surface area contributed by atoms with Crippen LogP contribution in [0.15, 0.2) is 53.4 Å². The number of ether oxygens (including phenoxy) is 1.